The molecule has 5 nitrogen and oxygen atoms in total. The van der Waals surface area contributed by atoms with Gasteiger partial charge in [0.25, 0.3) is 0 Å². The lowest BCUT2D eigenvalue weighted by molar-refractivity contribution is -0.146. The molecule has 5 heteroatoms. The first kappa shape index (κ1) is 15.7. The first-order valence-corrected chi connectivity index (χ1v) is 7.97. The molecule has 0 amide bonds. The van der Waals surface area contributed by atoms with Crippen LogP contribution in [-0.4, -0.2) is 60.9 Å². The summed E-state index contributed by atoms with van der Waals surface area (Å²) in [7, 11) is 0. The van der Waals surface area contributed by atoms with Gasteiger partial charge in [0, 0.05) is 13.1 Å². The minimum atomic E-state index is -0.678. The minimum Gasteiger partial charge on any atom is -0.480 e. The van der Waals surface area contributed by atoms with Crippen molar-refractivity contribution in [3.8, 4) is 0 Å². The second kappa shape index (κ2) is 7.38. The van der Waals surface area contributed by atoms with Crippen molar-refractivity contribution in [2.45, 2.75) is 44.6 Å². The van der Waals surface area contributed by atoms with Crippen molar-refractivity contribution in [2.24, 2.45) is 5.92 Å². The Morgan fingerprint density at radius 3 is 2.85 bits per heavy atom. The van der Waals surface area contributed by atoms with Crippen molar-refractivity contribution in [2.75, 3.05) is 39.4 Å². The van der Waals surface area contributed by atoms with Gasteiger partial charge in [0.15, 0.2) is 0 Å². The molecule has 2 aliphatic rings. The summed E-state index contributed by atoms with van der Waals surface area (Å²) in [6.45, 7) is 7.45. The molecule has 1 aliphatic heterocycles. The molecular weight excluding hydrogens is 256 g/mol. The third-order valence-corrected chi connectivity index (χ3v) is 4.79. The Bertz CT molecular complexity index is 318. The lowest BCUT2D eigenvalue weighted by Gasteiger charge is -2.34. The van der Waals surface area contributed by atoms with Crippen molar-refractivity contribution >= 4 is 5.97 Å². The smallest absolute Gasteiger partial charge is 0.324 e. The van der Waals surface area contributed by atoms with E-state index >= 15 is 0 Å². The van der Waals surface area contributed by atoms with Gasteiger partial charge >= 0.3 is 5.97 Å². The Balaban J connectivity index is 1.91. The Labute approximate surface area is 121 Å². The molecular formula is C15H28N2O3. The molecule has 1 saturated carbocycles. The van der Waals surface area contributed by atoms with Crippen LogP contribution in [0.3, 0.4) is 0 Å². The lowest BCUT2D eigenvalue weighted by Crippen LogP contribution is -2.55. The van der Waals surface area contributed by atoms with Gasteiger partial charge in [-0.05, 0) is 44.7 Å². The highest BCUT2D eigenvalue weighted by Crippen LogP contribution is 2.38. The minimum absolute atomic E-state index is 0.259. The number of hydrogen-bond acceptors (Lipinski definition) is 4. The second-order valence-corrected chi connectivity index (χ2v) is 6.04. The molecule has 0 radical (unpaired) electrons. The average molecular weight is 284 g/mol. The summed E-state index contributed by atoms with van der Waals surface area (Å²) in [4.78, 5) is 14.2. The third kappa shape index (κ3) is 3.51. The number of carbonyl (C=O) groups is 1. The fourth-order valence-electron chi connectivity index (χ4n) is 3.57. The van der Waals surface area contributed by atoms with E-state index in [9.17, 15) is 9.90 Å². The van der Waals surface area contributed by atoms with Crippen LogP contribution in [0.2, 0.25) is 0 Å². The van der Waals surface area contributed by atoms with Gasteiger partial charge in [-0.25, -0.2) is 0 Å². The fourth-order valence-corrected chi connectivity index (χ4v) is 3.57. The molecule has 0 aromatic carbocycles. The molecule has 0 aromatic rings. The zero-order valence-corrected chi connectivity index (χ0v) is 12.6. The van der Waals surface area contributed by atoms with Crippen molar-refractivity contribution < 1.29 is 14.6 Å². The van der Waals surface area contributed by atoms with Gasteiger partial charge in [-0.3, -0.25) is 9.69 Å². The van der Waals surface area contributed by atoms with Crippen molar-refractivity contribution in [3.63, 3.8) is 0 Å². The average Bonchev–Trinajstić information content (AvgIpc) is 2.88. The maximum Gasteiger partial charge on any atom is 0.324 e. The van der Waals surface area contributed by atoms with Crippen LogP contribution in [0.15, 0.2) is 0 Å². The quantitative estimate of drug-likeness (QED) is 0.738. The van der Waals surface area contributed by atoms with E-state index in [2.05, 4.69) is 17.1 Å². The van der Waals surface area contributed by atoms with Gasteiger partial charge < -0.3 is 15.2 Å². The van der Waals surface area contributed by atoms with Gasteiger partial charge in [0.05, 0.1) is 13.2 Å². The summed E-state index contributed by atoms with van der Waals surface area (Å²) < 4.78 is 5.36. The molecule has 2 N–H and O–H groups in total. The number of ether oxygens (including phenoxy) is 1. The number of carboxylic acid groups (broad SMARTS) is 1. The van der Waals surface area contributed by atoms with E-state index < -0.39 is 11.5 Å². The molecule has 1 saturated heterocycles. The van der Waals surface area contributed by atoms with E-state index in [4.69, 9.17) is 4.74 Å². The number of morpholine rings is 1. The summed E-state index contributed by atoms with van der Waals surface area (Å²) in [5.74, 6) is -0.398. The van der Waals surface area contributed by atoms with Crippen LogP contribution in [-0.2, 0) is 9.53 Å². The summed E-state index contributed by atoms with van der Waals surface area (Å²) >= 11 is 0. The Hall–Kier alpha value is -0.650. The van der Waals surface area contributed by atoms with Crippen LogP contribution in [0.5, 0.6) is 0 Å². The largest absolute Gasteiger partial charge is 0.480 e. The predicted molar refractivity (Wildman–Crippen MR) is 77.9 cm³/mol. The monoisotopic (exact) mass is 284 g/mol. The molecule has 1 heterocycles. The SMILES string of the molecule is CCCNC1(C(=O)O)CCCC1CCN1CCOCC1. The molecule has 2 rings (SSSR count). The fraction of sp³-hybridized carbons (Fsp3) is 0.933. The van der Waals surface area contributed by atoms with Crippen LogP contribution in [0, 0.1) is 5.92 Å². The van der Waals surface area contributed by atoms with Crippen molar-refractivity contribution in [3.05, 3.63) is 0 Å². The van der Waals surface area contributed by atoms with Crippen molar-refractivity contribution in [1.82, 2.24) is 10.2 Å². The zero-order valence-electron chi connectivity index (χ0n) is 12.6. The molecule has 0 bridgehead atoms. The summed E-state index contributed by atoms with van der Waals surface area (Å²) in [6, 6.07) is 0. The molecule has 1 aliphatic carbocycles. The Morgan fingerprint density at radius 2 is 2.20 bits per heavy atom. The first-order chi connectivity index (χ1) is 9.69. The van der Waals surface area contributed by atoms with E-state index in [1.165, 1.54) is 0 Å². The van der Waals surface area contributed by atoms with E-state index in [1.807, 2.05) is 0 Å². The number of hydrogen-bond donors (Lipinski definition) is 2. The van der Waals surface area contributed by atoms with E-state index in [1.54, 1.807) is 0 Å². The van der Waals surface area contributed by atoms with Crippen LogP contribution >= 0.6 is 0 Å². The molecule has 2 atom stereocenters. The highest BCUT2D eigenvalue weighted by molar-refractivity contribution is 5.79. The Morgan fingerprint density at radius 1 is 1.45 bits per heavy atom. The standard InChI is InChI=1S/C15H28N2O3/c1-2-7-16-15(14(18)19)6-3-4-13(15)5-8-17-9-11-20-12-10-17/h13,16H,2-12H2,1H3,(H,18,19). The van der Waals surface area contributed by atoms with Gasteiger partial charge in [0.1, 0.15) is 5.54 Å². The van der Waals surface area contributed by atoms with Gasteiger partial charge in [-0.2, -0.15) is 0 Å². The van der Waals surface area contributed by atoms with Gasteiger partial charge in [0.2, 0.25) is 0 Å². The number of aliphatic carboxylic acids is 1. The summed E-state index contributed by atoms with van der Waals surface area (Å²) in [6.07, 6.45) is 4.79. The third-order valence-electron chi connectivity index (χ3n) is 4.79. The highest BCUT2D eigenvalue weighted by atomic mass is 16.5. The molecule has 2 unspecified atom stereocenters. The van der Waals surface area contributed by atoms with Crippen LogP contribution in [0.4, 0.5) is 0 Å². The number of nitrogens with zero attached hydrogens (tertiary/aromatic N) is 1. The lowest BCUT2D eigenvalue weighted by atomic mass is 9.84. The maximum atomic E-state index is 11.8. The molecule has 116 valence electrons. The number of carboxylic acids is 1. The maximum absolute atomic E-state index is 11.8. The molecule has 2 fully saturated rings. The summed E-state index contributed by atoms with van der Waals surface area (Å²) in [5.41, 5.74) is -0.678. The van der Waals surface area contributed by atoms with E-state index in [-0.39, 0.29) is 5.92 Å². The van der Waals surface area contributed by atoms with E-state index in [0.29, 0.717) is 0 Å². The van der Waals surface area contributed by atoms with Crippen molar-refractivity contribution in [1.29, 1.82) is 0 Å². The first-order valence-electron chi connectivity index (χ1n) is 7.97. The summed E-state index contributed by atoms with van der Waals surface area (Å²) in [5, 5.41) is 13.0. The molecule has 0 aromatic heterocycles. The predicted octanol–water partition coefficient (Wildman–Crippen LogP) is 1.33. The van der Waals surface area contributed by atoms with Gasteiger partial charge in [-0.1, -0.05) is 13.3 Å². The zero-order chi connectivity index (χ0) is 14.4. The normalized spacial score (nSPS) is 31.6. The van der Waals surface area contributed by atoms with E-state index in [0.717, 1.165) is 71.5 Å². The van der Waals surface area contributed by atoms with Crippen LogP contribution in [0.25, 0.3) is 0 Å². The number of rotatable bonds is 7. The topological polar surface area (TPSA) is 61.8 Å². The van der Waals surface area contributed by atoms with Gasteiger partial charge in [-0.15, -0.1) is 0 Å². The Kier molecular flexibility index (Phi) is 5.81. The van der Waals surface area contributed by atoms with Crippen LogP contribution in [0.1, 0.15) is 39.0 Å². The molecule has 0 spiro atoms. The van der Waals surface area contributed by atoms with Crippen LogP contribution < -0.4 is 5.32 Å². The highest BCUT2D eigenvalue weighted by Gasteiger charge is 2.48. The second-order valence-electron chi connectivity index (χ2n) is 6.04. The number of nitrogens with one attached hydrogen (secondary N) is 1. The molecule has 20 heavy (non-hydrogen) atoms.